The molecule has 0 fully saturated rings. The van der Waals surface area contributed by atoms with E-state index in [9.17, 15) is 4.79 Å². The molecule has 0 unspecified atom stereocenters. The van der Waals surface area contributed by atoms with Gasteiger partial charge in [0.05, 0.1) is 26.1 Å². The predicted octanol–water partition coefficient (Wildman–Crippen LogP) is 3.64. The van der Waals surface area contributed by atoms with Crippen LogP contribution < -0.4 is 0 Å². The quantitative estimate of drug-likeness (QED) is 0.677. The average Bonchev–Trinajstić information content (AvgIpc) is 2.94. The number of fused-ring (bicyclic) bond motifs is 1. The number of thiophene rings is 1. The lowest BCUT2D eigenvalue weighted by Crippen LogP contribution is -1.96. The largest absolute Gasteiger partial charge is 0.296 e. The summed E-state index contributed by atoms with van der Waals surface area (Å²) in [6.07, 6.45) is 2.62. The Morgan fingerprint density at radius 3 is 2.88 bits per heavy atom. The minimum atomic E-state index is 0.611. The molecule has 0 aliphatic carbocycles. The van der Waals surface area contributed by atoms with Gasteiger partial charge in [-0.2, -0.15) is 0 Å². The number of hydrogen-bond acceptors (Lipinski definition) is 3. The first-order valence-electron chi connectivity index (χ1n) is 4.97. The van der Waals surface area contributed by atoms with Crippen molar-refractivity contribution < 1.29 is 4.79 Å². The number of carbonyl (C=O) groups is 1. The predicted molar refractivity (Wildman–Crippen MR) is 71.6 cm³/mol. The van der Waals surface area contributed by atoms with Crippen LogP contribution in [0.1, 0.15) is 10.5 Å². The van der Waals surface area contributed by atoms with Gasteiger partial charge in [0.2, 0.25) is 0 Å². The summed E-state index contributed by atoms with van der Waals surface area (Å²) in [5.41, 5.74) is 1.54. The van der Waals surface area contributed by atoms with E-state index in [0.717, 1.165) is 26.3 Å². The standard InChI is InChI=1S/C12H7BrN2OS/c13-11-5-4-10(17-11)12-14-6-8-2-1-3-9(7-16)15(8)12/h1-7H. The third-order valence-corrected chi connectivity index (χ3v) is 4.12. The molecule has 84 valence electrons. The van der Waals surface area contributed by atoms with Crippen molar-refractivity contribution >= 4 is 39.1 Å². The van der Waals surface area contributed by atoms with Crippen LogP contribution in [0, 0.1) is 0 Å². The molecule has 0 atom stereocenters. The van der Waals surface area contributed by atoms with Crippen LogP contribution in [0.2, 0.25) is 0 Å². The summed E-state index contributed by atoms with van der Waals surface area (Å²) in [5.74, 6) is 0.804. The molecule has 3 aromatic heterocycles. The van der Waals surface area contributed by atoms with Crippen LogP contribution in [0.5, 0.6) is 0 Å². The van der Waals surface area contributed by atoms with Gasteiger partial charge in [0.25, 0.3) is 0 Å². The number of pyridine rings is 1. The van der Waals surface area contributed by atoms with E-state index < -0.39 is 0 Å². The zero-order valence-corrected chi connectivity index (χ0v) is 11.0. The Hall–Kier alpha value is -1.46. The van der Waals surface area contributed by atoms with Crippen LogP contribution in [-0.2, 0) is 0 Å². The van der Waals surface area contributed by atoms with E-state index >= 15 is 0 Å². The van der Waals surface area contributed by atoms with Gasteiger partial charge in [0.1, 0.15) is 0 Å². The van der Waals surface area contributed by atoms with Gasteiger partial charge < -0.3 is 0 Å². The summed E-state index contributed by atoms with van der Waals surface area (Å²) in [6.45, 7) is 0. The fraction of sp³-hybridized carbons (Fsp3) is 0. The van der Waals surface area contributed by atoms with Gasteiger partial charge in [0, 0.05) is 0 Å². The Morgan fingerprint density at radius 2 is 2.18 bits per heavy atom. The molecule has 0 aliphatic rings. The molecule has 0 aliphatic heterocycles. The highest BCUT2D eigenvalue weighted by atomic mass is 79.9. The van der Waals surface area contributed by atoms with Crippen LogP contribution in [0.25, 0.3) is 16.2 Å². The van der Waals surface area contributed by atoms with Gasteiger partial charge in [-0.25, -0.2) is 4.98 Å². The lowest BCUT2D eigenvalue weighted by Gasteiger charge is -2.01. The van der Waals surface area contributed by atoms with E-state index in [2.05, 4.69) is 20.9 Å². The highest BCUT2D eigenvalue weighted by Gasteiger charge is 2.10. The van der Waals surface area contributed by atoms with Crippen molar-refractivity contribution in [1.29, 1.82) is 0 Å². The molecular formula is C12H7BrN2OS. The summed E-state index contributed by atoms with van der Waals surface area (Å²) in [6, 6.07) is 9.55. The van der Waals surface area contributed by atoms with E-state index in [-0.39, 0.29) is 0 Å². The molecule has 0 N–H and O–H groups in total. The second-order valence-corrected chi connectivity index (χ2v) is 5.98. The number of imidazole rings is 1. The van der Waals surface area contributed by atoms with Gasteiger partial charge >= 0.3 is 0 Å². The second-order valence-electron chi connectivity index (χ2n) is 3.51. The highest BCUT2D eigenvalue weighted by molar-refractivity contribution is 9.11. The fourth-order valence-electron chi connectivity index (χ4n) is 1.77. The fourth-order valence-corrected chi connectivity index (χ4v) is 3.15. The van der Waals surface area contributed by atoms with Crippen molar-refractivity contribution in [3.63, 3.8) is 0 Å². The van der Waals surface area contributed by atoms with Crippen molar-refractivity contribution in [3.8, 4) is 10.7 Å². The van der Waals surface area contributed by atoms with Gasteiger partial charge in [-0.15, -0.1) is 11.3 Å². The molecule has 0 spiro atoms. The zero-order chi connectivity index (χ0) is 11.8. The van der Waals surface area contributed by atoms with Crippen molar-refractivity contribution in [2.75, 3.05) is 0 Å². The topological polar surface area (TPSA) is 34.4 Å². The van der Waals surface area contributed by atoms with Crippen molar-refractivity contribution in [2.24, 2.45) is 0 Å². The number of hydrogen-bond donors (Lipinski definition) is 0. The Kier molecular flexibility index (Phi) is 2.57. The molecule has 0 aromatic carbocycles. The first-order valence-corrected chi connectivity index (χ1v) is 6.58. The van der Waals surface area contributed by atoms with Gasteiger partial charge in [0.15, 0.2) is 12.1 Å². The molecule has 0 amide bonds. The normalized spacial score (nSPS) is 10.9. The van der Waals surface area contributed by atoms with Crippen molar-refractivity contribution in [2.45, 2.75) is 0 Å². The SMILES string of the molecule is O=Cc1cccc2cnc(-c3ccc(Br)s3)n12. The number of aromatic nitrogens is 2. The average molecular weight is 307 g/mol. The Balaban J connectivity index is 2.33. The Morgan fingerprint density at radius 1 is 1.29 bits per heavy atom. The van der Waals surface area contributed by atoms with E-state index in [4.69, 9.17) is 0 Å². The summed E-state index contributed by atoms with van der Waals surface area (Å²) in [7, 11) is 0. The molecule has 3 heterocycles. The summed E-state index contributed by atoms with van der Waals surface area (Å²) in [4.78, 5) is 16.5. The Labute approximate surface area is 110 Å². The maximum atomic E-state index is 11.1. The molecular weight excluding hydrogens is 300 g/mol. The Bertz CT molecular complexity index is 701. The van der Waals surface area contributed by atoms with Gasteiger partial charge in [-0.05, 0) is 40.2 Å². The maximum absolute atomic E-state index is 11.1. The number of halogens is 1. The number of aldehydes is 1. The lowest BCUT2D eigenvalue weighted by molar-refractivity contribution is 0.111. The molecule has 5 heteroatoms. The molecule has 3 rings (SSSR count). The minimum Gasteiger partial charge on any atom is -0.296 e. The van der Waals surface area contributed by atoms with Crippen LogP contribution in [0.15, 0.2) is 40.3 Å². The second kappa shape index (κ2) is 4.09. The highest BCUT2D eigenvalue weighted by Crippen LogP contribution is 2.31. The van der Waals surface area contributed by atoms with Crippen molar-refractivity contribution in [3.05, 3.63) is 46.0 Å². The maximum Gasteiger partial charge on any atom is 0.166 e. The van der Waals surface area contributed by atoms with Crippen LogP contribution in [0.3, 0.4) is 0 Å². The zero-order valence-electron chi connectivity index (χ0n) is 8.63. The third kappa shape index (κ3) is 1.71. The van der Waals surface area contributed by atoms with E-state index in [1.807, 2.05) is 28.7 Å². The smallest absolute Gasteiger partial charge is 0.166 e. The summed E-state index contributed by atoms with van der Waals surface area (Å²) in [5, 5.41) is 0. The summed E-state index contributed by atoms with van der Waals surface area (Å²) >= 11 is 5.03. The number of rotatable bonds is 2. The van der Waals surface area contributed by atoms with E-state index in [1.165, 1.54) is 0 Å². The first kappa shape index (κ1) is 10.7. The molecule has 0 saturated carbocycles. The number of nitrogens with zero attached hydrogens (tertiary/aromatic N) is 2. The van der Waals surface area contributed by atoms with Crippen molar-refractivity contribution in [1.82, 2.24) is 9.38 Å². The van der Waals surface area contributed by atoms with Crippen LogP contribution >= 0.6 is 27.3 Å². The molecule has 3 aromatic rings. The van der Waals surface area contributed by atoms with Gasteiger partial charge in [-0.3, -0.25) is 9.20 Å². The summed E-state index contributed by atoms with van der Waals surface area (Å²) < 4.78 is 2.92. The van der Waals surface area contributed by atoms with Gasteiger partial charge in [-0.1, -0.05) is 6.07 Å². The van der Waals surface area contributed by atoms with E-state index in [1.54, 1.807) is 23.6 Å². The molecule has 17 heavy (non-hydrogen) atoms. The minimum absolute atomic E-state index is 0.611. The first-order chi connectivity index (χ1) is 8.29. The van der Waals surface area contributed by atoms with Crippen LogP contribution in [-0.4, -0.2) is 15.7 Å². The molecule has 0 bridgehead atoms. The lowest BCUT2D eigenvalue weighted by atomic mass is 10.3. The van der Waals surface area contributed by atoms with Crippen LogP contribution in [0.4, 0.5) is 0 Å². The monoisotopic (exact) mass is 306 g/mol. The third-order valence-electron chi connectivity index (χ3n) is 2.50. The molecule has 0 radical (unpaired) electrons. The molecule has 3 nitrogen and oxygen atoms in total. The number of carbonyl (C=O) groups excluding carboxylic acids is 1. The molecule has 0 saturated heterocycles. The van der Waals surface area contributed by atoms with E-state index in [0.29, 0.717) is 5.69 Å².